The topological polar surface area (TPSA) is 55.9 Å². The molecule has 0 aromatic carbocycles. The number of piperazine rings is 1. The molecule has 2 aliphatic rings. The van der Waals surface area contributed by atoms with Crippen LogP contribution < -0.4 is 5.32 Å². The van der Waals surface area contributed by atoms with Crippen molar-refractivity contribution in [1.82, 2.24) is 18.8 Å². The first-order chi connectivity index (χ1) is 9.82. The van der Waals surface area contributed by atoms with Crippen LogP contribution in [0.1, 0.15) is 33.1 Å². The second kappa shape index (κ2) is 6.91. The number of nitrogens with one attached hydrogen (secondary N) is 1. The Bertz CT molecular complexity index is 426. The number of likely N-dealkylation sites (N-methyl/N-ethyl adjacent to an activating group) is 1. The first-order valence-corrected chi connectivity index (χ1v) is 9.38. The standard InChI is InChI=1S/C14H30N4O2S/c1-12-10-18(11-13(2)17(12)4)21(19,20)16(3)9-5-8-15-14-6-7-14/h12-15H,5-11H2,1-4H3. The Labute approximate surface area is 129 Å². The van der Waals surface area contributed by atoms with E-state index in [0.29, 0.717) is 25.7 Å². The molecule has 1 saturated carbocycles. The number of nitrogens with zero attached hydrogens (tertiary/aromatic N) is 3. The lowest BCUT2D eigenvalue weighted by Crippen LogP contribution is -2.58. The van der Waals surface area contributed by atoms with Gasteiger partial charge in [0.15, 0.2) is 0 Å². The van der Waals surface area contributed by atoms with E-state index in [1.807, 2.05) is 0 Å². The van der Waals surface area contributed by atoms with Crippen LogP contribution in [0.3, 0.4) is 0 Å². The van der Waals surface area contributed by atoms with Crippen molar-refractivity contribution >= 4 is 10.2 Å². The van der Waals surface area contributed by atoms with Crippen LogP contribution in [0.25, 0.3) is 0 Å². The molecule has 1 N–H and O–H groups in total. The van der Waals surface area contributed by atoms with E-state index in [4.69, 9.17) is 0 Å². The van der Waals surface area contributed by atoms with Crippen LogP contribution in [0.2, 0.25) is 0 Å². The van der Waals surface area contributed by atoms with Crippen LogP contribution in [-0.2, 0) is 10.2 Å². The second-order valence-electron chi connectivity index (χ2n) is 6.59. The Balaban J connectivity index is 1.83. The molecule has 1 aliphatic heterocycles. The molecule has 0 amide bonds. The van der Waals surface area contributed by atoms with Gasteiger partial charge >= 0.3 is 0 Å². The molecule has 2 atom stereocenters. The largest absolute Gasteiger partial charge is 0.314 e. The Kier molecular flexibility index (Phi) is 5.65. The molecule has 2 rings (SSSR count). The van der Waals surface area contributed by atoms with Crippen molar-refractivity contribution in [3.63, 3.8) is 0 Å². The predicted molar refractivity (Wildman–Crippen MR) is 85.5 cm³/mol. The zero-order valence-electron chi connectivity index (χ0n) is 13.7. The first kappa shape index (κ1) is 17.1. The third-order valence-electron chi connectivity index (χ3n) is 4.71. The van der Waals surface area contributed by atoms with Crippen molar-refractivity contribution in [3.8, 4) is 0 Å². The summed E-state index contributed by atoms with van der Waals surface area (Å²) in [5, 5.41) is 3.42. The Hall–Kier alpha value is -0.210. The summed E-state index contributed by atoms with van der Waals surface area (Å²) in [4.78, 5) is 2.24. The van der Waals surface area contributed by atoms with Gasteiger partial charge in [-0.3, -0.25) is 4.90 Å². The molecule has 0 aromatic heterocycles. The molecule has 0 bridgehead atoms. The molecule has 0 spiro atoms. The first-order valence-electron chi connectivity index (χ1n) is 7.99. The smallest absolute Gasteiger partial charge is 0.281 e. The van der Waals surface area contributed by atoms with E-state index in [9.17, 15) is 8.42 Å². The summed E-state index contributed by atoms with van der Waals surface area (Å²) < 4.78 is 28.4. The van der Waals surface area contributed by atoms with Gasteiger partial charge < -0.3 is 5.32 Å². The van der Waals surface area contributed by atoms with E-state index >= 15 is 0 Å². The van der Waals surface area contributed by atoms with Gasteiger partial charge in [0.25, 0.3) is 10.2 Å². The normalized spacial score (nSPS) is 29.2. The number of hydrogen-bond acceptors (Lipinski definition) is 4. The van der Waals surface area contributed by atoms with Gasteiger partial charge in [0, 0.05) is 44.8 Å². The maximum Gasteiger partial charge on any atom is 0.281 e. The molecule has 1 saturated heterocycles. The summed E-state index contributed by atoms with van der Waals surface area (Å²) in [5.74, 6) is 0. The zero-order chi connectivity index (χ0) is 15.6. The molecule has 0 radical (unpaired) electrons. The van der Waals surface area contributed by atoms with Gasteiger partial charge in [-0.1, -0.05) is 0 Å². The van der Waals surface area contributed by atoms with Crippen LogP contribution in [0.15, 0.2) is 0 Å². The highest BCUT2D eigenvalue weighted by Gasteiger charge is 2.35. The quantitative estimate of drug-likeness (QED) is 0.687. The summed E-state index contributed by atoms with van der Waals surface area (Å²) in [7, 11) is 0.432. The van der Waals surface area contributed by atoms with E-state index in [1.165, 1.54) is 17.1 Å². The average Bonchev–Trinajstić information content (AvgIpc) is 3.24. The van der Waals surface area contributed by atoms with E-state index in [0.717, 1.165) is 13.0 Å². The summed E-state index contributed by atoms with van der Waals surface area (Å²) >= 11 is 0. The van der Waals surface area contributed by atoms with Gasteiger partial charge in [-0.25, -0.2) is 0 Å². The summed E-state index contributed by atoms with van der Waals surface area (Å²) in [6, 6.07) is 1.20. The summed E-state index contributed by atoms with van der Waals surface area (Å²) in [5.41, 5.74) is 0. The Morgan fingerprint density at radius 3 is 2.29 bits per heavy atom. The molecule has 0 aromatic rings. The molecule has 21 heavy (non-hydrogen) atoms. The monoisotopic (exact) mass is 318 g/mol. The van der Waals surface area contributed by atoms with Crippen molar-refractivity contribution < 1.29 is 8.42 Å². The van der Waals surface area contributed by atoms with Crippen molar-refractivity contribution in [2.45, 2.75) is 51.2 Å². The molecule has 1 heterocycles. The summed E-state index contributed by atoms with van der Waals surface area (Å²) in [6.45, 7) is 6.80. The van der Waals surface area contributed by atoms with Gasteiger partial charge in [0.05, 0.1) is 0 Å². The fourth-order valence-electron chi connectivity index (χ4n) is 2.75. The van der Waals surface area contributed by atoms with Crippen molar-refractivity contribution in [2.24, 2.45) is 0 Å². The maximum absolute atomic E-state index is 12.6. The maximum atomic E-state index is 12.6. The minimum atomic E-state index is -3.32. The molecule has 1 aliphatic carbocycles. The van der Waals surface area contributed by atoms with Crippen LogP contribution in [0.4, 0.5) is 0 Å². The van der Waals surface area contributed by atoms with Gasteiger partial charge in [-0.05, 0) is 46.7 Å². The third kappa shape index (κ3) is 4.39. The van der Waals surface area contributed by atoms with E-state index in [-0.39, 0.29) is 12.1 Å². The van der Waals surface area contributed by atoms with Gasteiger partial charge in [-0.2, -0.15) is 17.0 Å². The fraction of sp³-hybridized carbons (Fsp3) is 1.00. The van der Waals surface area contributed by atoms with E-state index in [2.05, 4.69) is 31.1 Å². The molecule has 6 nitrogen and oxygen atoms in total. The highest BCUT2D eigenvalue weighted by Crippen LogP contribution is 2.19. The molecule has 7 heteroatoms. The van der Waals surface area contributed by atoms with Crippen molar-refractivity contribution in [2.75, 3.05) is 40.3 Å². The zero-order valence-corrected chi connectivity index (χ0v) is 14.6. The highest BCUT2D eigenvalue weighted by molar-refractivity contribution is 7.86. The van der Waals surface area contributed by atoms with Crippen LogP contribution >= 0.6 is 0 Å². The fourth-order valence-corrected chi connectivity index (χ4v) is 4.31. The van der Waals surface area contributed by atoms with Crippen molar-refractivity contribution in [1.29, 1.82) is 0 Å². The average molecular weight is 318 g/mol. The Morgan fingerprint density at radius 1 is 1.19 bits per heavy atom. The lowest BCUT2D eigenvalue weighted by molar-refractivity contribution is 0.102. The van der Waals surface area contributed by atoms with Crippen molar-refractivity contribution in [3.05, 3.63) is 0 Å². The molecule has 2 fully saturated rings. The second-order valence-corrected chi connectivity index (χ2v) is 8.63. The van der Waals surface area contributed by atoms with Crippen LogP contribution in [0, 0.1) is 0 Å². The summed E-state index contributed by atoms with van der Waals surface area (Å²) in [6.07, 6.45) is 3.40. The van der Waals surface area contributed by atoms with E-state index in [1.54, 1.807) is 11.4 Å². The minimum Gasteiger partial charge on any atom is -0.314 e. The molecule has 124 valence electrons. The minimum absolute atomic E-state index is 0.258. The predicted octanol–water partition coefficient (Wildman–Crippen LogP) is 0.330. The Morgan fingerprint density at radius 2 is 1.76 bits per heavy atom. The molecular weight excluding hydrogens is 288 g/mol. The number of rotatable bonds is 7. The molecule has 2 unspecified atom stereocenters. The third-order valence-corrected chi connectivity index (χ3v) is 6.63. The number of hydrogen-bond donors (Lipinski definition) is 1. The lowest BCUT2D eigenvalue weighted by Gasteiger charge is -2.42. The molecular formula is C14H30N4O2S. The van der Waals surface area contributed by atoms with Crippen LogP contribution in [-0.4, -0.2) is 80.3 Å². The van der Waals surface area contributed by atoms with Gasteiger partial charge in [-0.15, -0.1) is 0 Å². The van der Waals surface area contributed by atoms with Gasteiger partial charge in [0.2, 0.25) is 0 Å². The van der Waals surface area contributed by atoms with Gasteiger partial charge in [0.1, 0.15) is 0 Å². The highest BCUT2D eigenvalue weighted by atomic mass is 32.2. The van der Waals surface area contributed by atoms with Crippen LogP contribution in [0.5, 0.6) is 0 Å². The SMILES string of the molecule is CC1CN(S(=O)(=O)N(C)CCCNC2CC2)CC(C)N1C. The lowest BCUT2D eigenvalue weighted by atomic mass is 10.1. The van der Waals surface area contributed by atoms with E-state index < -0.39 is 10.2 Å².